The predicted octanol–water partition coefficient (Wildman–Crippen LogP) is 1.15. The predicted molar refractivity (Wildman–Crippen MR) is 113 cm³/mol. The van der Waals surface area contributed by atoms with Gasteiger partial charge in [-0.2, -0.15) is 0 Å². The zero-order valence-corrected chi connectivity index (χ0v) is 18.8. The van der Waals surface area contributed by atoms with Crippen molar-refractivity contribution in [2.24, 2.45) is 17.8 Å². The molecule has 3 fully saturated rings. The standard InChI is InChI=1S/C21H35N3O4S/c1-5-8-13(3)23-19(27)17-21-12(2)11-14(29-21)15(18(26)22-4)16(21)20(28)24(17)9-6-7-10-25/h12-17,25H,5-11H2,1-4H3,(H,22,26)(H,23,27)/t12?,13?,14-,15+,16-,17?,21?/m0/s1. The maximum Gasteiger partial charge on any atom is 0.244 e. The molecule has 3 N–H and O–H groups in total. The fraction of sp³-hybridized carbons (Fsp3) is 0.857. The number of carbonyl (C=O) groups excluding carboxylic acids is 3. The second-order valence-corrected chi connectivity index (χ2v) is 10.4. The van der Waals surface area contributed by atoms with Gasteiger partial charge in [-0.3, -0.25) is 14.4 Å². The number of nitrogens with one attached hydrogen (secondary N) is 2. The number of carbonyl (C=O) groups is 3. The van der Waals surface area contributed by atoms with Gasteiger partial charge in [0, 0.05) is 31.5 Å². The van der Waals surface area contributed by atoms with E-state index in [0.29, 0.717) is 19.4 Å². The first-order valence-electron chi connectivity index (χ1n) is 10.9. The molecule has 2 bridgehead atoms. The molecule has 3 aliphatic heterocycles. The van der Waals surface area contributed by atoms with E-state index in [-0.39, 0.29) is 47.5 Å². The summed E-state index contributed by atoms with van der Waals surface area (Å²) in [7, 11) is 1.62. The van der Waals surface area contributed by atoms with Crippen LogP contribution in [0.15, 0.2) is 0 Å². The molecule has 0 aliphatic carbocycles. The largest absolute Gasteiger partial charge is 0.396 e. The lowest BCUT2D eigenvalue weighted by Crippen LogP contribution is -2.57. The Bertz CT molecular complexity index is 660. The summed E-state index contributed by atoms with van der Waals surface area (Å²) in [6.07, 6.45) is 3.95. The summed E-state index contributed by atoms with van der Waals surface area (Å²) in [6.45, 7) is 6.72. The molecule has 164 valence electrons. The minimum Gasteiger partial charge on any atom is -0.396 e. The number of thioether (sulfide) groups is 1. The van der Waals surface area contributed by atoms with Crippen molar-refractivity contribution in [2.75, 3.05) is 20.2 Å². The molecule has 0 radical (unpaired) electrons. The molecular formula is C21H35N3O4S. The van der Waals surface area contributed by atoms with Crippen molar-refractivity contribution >= 4 is 29.5 Å². The number of likely N-dealkylation sites (tertiary alicyclic amines) is 1. The van der Waals surface area contributed by atoms with Crippen LogP contribution in [0.1, 0.15) is 52.9 Å². The van der Waals surface area contributed by atoms with Crippen LogP contribution >= 0.6 is 11.8 Å². The Morgan fingerprint density at radius 2 is 2.07 bits per heavy atom. The van der Waals surface area contributed by atoms with E-state index in [1.54, 1.807) is 23.7 Å². The molecule has 3 rings (SSSR count). The molecule has 3 aliphatic rings. The normalized spacial score (nSPS) is 36.2. The second kappa shape index (κ2) is 8.84. The van der Waals surface area contributed by atoms with Crippen LogP contribution in [0.25, 0.3) is 0 Å². The smallest absolute Gasteiger partial charge is 0.244 e. The zero-order valence-electron chi connectivity index (χ0n) is 17.9. The van der Waals surface area contributed by atoms with E-state index in [4.69, 9.17) is 0 Å². The number of nitrogens with zero attached hydrogens (tertiary/aromatic N) is 1. The average Bonchev–Trinajstić information content (AvgIpc) is 3.26. The van der Waals surface area contributed by atoms with Crippen molar-refractivity contribution in [2.45, 2.75) is 75.0 Å². The van der Waals surface area contributed by atoms with Crippen LogP contribution in [-0.2, 0) is 14.4 Å². The quantitative estimate of drug-likeness (QED) is 0.481. The summed E-state index contributed by atoms with van der Waals surface area (Å²) in [6, 6.07) is -0.511. The van der Waals surface area contributed by atoms with Crippen LogP contribution < -0.4 is 10.6 Å². The van der Waals surface area contributed by atoms with Crippen molar-refractivity contribution in [1.29, 1.82) is 0 Å². The van der Waals surface area contributed by atoms with Gasteiger partial charge < -0.3 is 20.6 Å². The summed E-state index contributed by atoms with van der Waals surface area (Å²) in [5.41, 5.74) is 0. The van der Waals surface area contributed by atoms with Crippen molar-refractivity contribution in [1.82, 2.24) is 15.5 Å². The molecule has 29 heavy (non-hydrogen) atoms. The maximum absolute atomic E-state index is 13.6. The van der Waals surface area contributed by atoms with Gasteiger partial charge in [0.15, 0.2) is 0 Å². The third-order valence-electron chi connectivity index (χ3n) is 6.96. The molecule has 4 unspecified atom stereocenters. The Kier molecular flexibility index (Phi) is 6.83. The van der Waals surface area contributed by atoms with E-state index >= 15 is 0 Å². The van der Waals surface area contributed by atoms with E-state index in [0.717, 1.165) is 19.3 Å². The lowest BCUT2D eigenvalue weighted by Gasteiger charge is -2.39. The van der Waals surface area contributed by atoms with Gasteiger partial charge in [0.1, 0.15) is 6.04 Å². The van der Waals surface area contributed by atoms with Gasteiger partial charge >= 0.3 is 0 Å². The third kappa shape index (κ3) is 3.56. The van der Waals surface area contributed by atoms with Gasteiger partial charge in [0.05, 0.1) is 16.6 Å². The first-order chi connectivity index (χ1) is 13.8. The van der Waals surface area contributed by atoms with Crippen molar-refractivity contribution in [3.05, 3.63) is 0 Å². The van der Waals surface area contributed by atoms with E-state index in [1.807, 2.05) is 6.92 Å². The molecule has 0 saturated carbocycles. The number of fused-ring (bicyclic) bond motifs is 1. The minimum atomic E-state index is -0.558. The summed E-state index contributed by atoms with van der Waals surface area (Å²) in [5.74, 6) is -0.894. The van der Waals surface area contributed by atoms with E-state index in [2.05, 4.69) is 24.5 Å². The molecule has 7 nitrogen and oxygen atoms in total. The Labute approximate surface area is 177 Å². The van der Waals surface area contributed by atoms with E-state index in [1.165, 1.54) is 0 Å². The lowest BCUT2D eigenvalue weighted by atomic mass is 9.66. The highest BCUT2D eigenvalue weighted by atomic mass is 32.2. The van der Waals surface area contributed by atoms with Crippen molar-refractivity contribution in [3.63, 3.8) is 0 Å². The first kappa shape index (κ1) is 22.4. The molecule has 3 saturated heterocycles. The molecule has 3 heterocycles. The fourth-order valence-electron chi connectivity index (χ4n) is 5.75. The van der Waals surface area contributed by atoms with Gasteiger partial charge in [-0.25, -0.2) is 0 Å². The molecule has 0 aromatic carbocycles. The third-order valence-corrected chi connectivity index (χ3v) is 9.04. The summed E-state index contributed by atoms with van der Waals surface area (Å²) in [5, 5.41) is 15.1. The maximum atomic E-state index is 13.6. The number of rotatable bonds is 9. The molecule has 8 heteroatoms. The van der Waals surface area contributed by atoms with Gasteiger partial charge in [-0.1, -0.05) is 20.3 Å². The SMILES string of the molecule is CCCC(C)NC(=O)C1N(CCCCO)C(=O)[C@@H]2[C@H](C(=O)NC)[C@@H]3CC(C)C12S3. The van der Waals surface area contributed by atoms with Crippen LogP contribution in [0.5, 0.6) is 0 Å². The Hall–Kier alpha value is -1.28. The molecule has 1 spiro atoms. The summed E-state index contributed by atoms with van der Waals surface area (Å²) >= 11 is 1.70. The van der Waals surface area contributed by atoms with Gasteiger partial charge in [-0.15, -0.1) is 11.8 Å². The van der Waals surface area contributed by atoms with Crippen LogP contribution in [0.4, 0.5) is 0 Å². The van der Waals surface area contributed by atoms with Crippen molar-refractivity contribution < 1.29 is 19.5 Å². The molecular weight excluding hydrogens is 390 g/mol. The van der Waals surface area contributed by atoms with E-state index < -0.39 is 16.7 Å². The Balaban J connectivity index is 1.96. The van der Waals surface area contributed by atoms with Crippen LogP contribution in [0.2, 0.25) is 0 Å². The molecule has 0 aromatic heterocycles. The number of hydrogen-bond donors (Lipinski definition) is 3. The van der Waals surface area contributed by atoms with Gasteiger partial charge in [-0.05, 0) is 38.5 Å². The molecule has 7 atom stereocenters. The van der Waals surface area contributed by atoms with Gasteiger partial charge in [0.2, 0.25) is 17.7 Å². The number of unbranched alkanes of at least 4 members (excludes halogenated alkanes) is 1. The average molecular weight is 426 g/mol. The number of hydrogen-bond acceptors (Lipinski definition) is 5. The van der Waals surface area contributed by atoms with E-state index in [9.17, 15) is 19.5 Å². The number of aliphatic hydroxyl groups is 1. The van der Waals surface area contributed by atoms with Gasteiger partial charge in [0.25, 0.3) is 0 Å². The highest BCUT2D eigenvalue weighted by Gasteiger charge is 2.75. The van der Waals surface area contributed by atoms with Crippen molar-refractivity contribution in [3.8, 4) is 0 Å². The first-order valence-corrected chi connectivity index (χ1v) is 11.8. The second-order valence-electron chi connectivity index (χ2n) is 8.83. The van der Waals surface area contributed by atoms with Crippen LogP contribution in [-0.4, -0.2) is 70.0 Å². The Morgan fingerprint density at radius 3 is 2.69 bits per heavy atom. The highest BCUT2D eigenvalue weighted by molar-refractivity contribution is 8.02. The summed E-state index contributed by atoms with van der Waals surface area (Å²) in [4.78, 5) is 41.4. The topological polar surface area (TPSA) is 98.7 Å². The molecule has 0 aromatic rings. The monoisotopic (exact) mass is 425 g/mol. The highest BCUT2D eigenvalue weighted by Crippen LogP contribution is 2.68. The van der Waals surface area contributed by atoms with Crippen LogP contribution in [0.3, 0.4) is 0 Å². The van der Waals surface area contributed by atoms with Crippen LogP contribution in [0, 0.1) is 17.8 Å². The Morgan fingerprint density at radius 1 is 1.34 bits per heavy atom. The molecule has 3 amide bonds. The minimum absolute atomic E-state index is 0.0472. The number of amides is 3. The zero-order chi connectivity index (χ0) is 21.3. The lowest BCUT2D eigenvalue weighted by molar-refractivity contribution is -0.140. The number of aliphatic hydroxyl groups excluding tert-OH is 1. The summed E-state index contributed by atoms with van der Waals surface area (Å²) < 4.78 is -0.547. The fourth-order valence-corrected chi connectivity index (χ4v) is 8.17.